The minimum atomic E-state index is -3.60. The molecule has 0 aliphatic carbocycles. The van der Waals surface area contributed by atoms with Crippen LogP contribution in [0, 0.1) is 0 Å². The Hall–Kier alpha value is -2.83. The summed E-state index contributed by atoms with van der Waals surface area (Å²) in [5.74, 6) is -0.230. The summed E-state index contributed by atoms with van der Waals surface area (Å²) >= 11 is 5.88. The van der Waals surface area contributed by atoms with Gasteiger partial charge in [-0.25, -0.2) is 8.42 Å². The van der Waals surface area contributed by atoms with Gasteiger partial charge in [0.1, 0.15) is 0 Å². The molecule has 0 saturated carbocycles. The number of hydrogen-bond donors (Lipinski definition) is 1. The summed E-state index contributed by atoms with van der Waals surface area (Å²) in [6.45, 7) is 0.373. The van der Waals surface area contributed by atoms with Gasteiger partial charge in [0.25, 0.3) is 15.9 Å². The molecule has 0 radical (unpaired) electrons. The van der Waals surface area contributed by atoms with Crippen LogP contribution in [0.25, 0.3) is 11.1 Å². The van der Waals surface area contributed by atoms with E-state index in [0.717, 1.165) is 5.56 Å². The lowest BCUT2D eigenvalue weighted by molar-refractivity contribution is 0.0951. The molecule has 1 amide bonds. The second-order valence-corrected chi connectivity index (χ2v) is 8.88. The summed E-state index contributed by atoms with van der Waals surface area (Å²) in [4.78, 5) is 12.9. The maximum absolute atomic E-state index is 12.7. The summed E-state index contributed by atoms with van der Waals surface area (Å²) in [7, 11) is -2.08. The highest BCUT2D eigenvalue weighted by Gasteiger charge is 2.32. The maximum Gasteiger partial charge on any atom is 0.264 e. The van der Waals surface area contributed by atoms with Crippen LogP contribution in [0.4, 0.5) is 5.69 Å². The average Bonchev–Trinajstić information content (AvgIpc) is 2.71. The molecule has 1 aliphatic rings. The zero-order valence-electron chi connectivity index (χ0n) is 15.0. The van der Waals surface area contributed by atoms with Crippen molar-refractivity contribution in [3.8, 4) is 11.1 Å². The van der Waals surface area contributed by atoms with Crippen LogP contribution >= 0.6 is 11.6 Å². The van der Waals surface area contributed by atoms with Gasteiger partial charge in [0.2, 0.25) is 0 Å². The monoisotopic (exact) mass is 412 g/mol. The number of carbonyl (C=O) groups excluding carboxylic acids is 1. The SMILES string of the molecule is CN1c2ccc(C(=O)NCc3ccc(Cl)cc3)cc2-c2ccccc2S1(=O)=O. The highest BCUT2D eigenvalue weighted by Crippen LogP contribution is 2.42. The fourth-order valence-electron chi connectivity index (χ4n) is 3.25. The Morgan fingerprint density at radius 3 is 2.46 bits per heavy atom. The Kier molecular flexibility index (Phi) is 4.61. The standard InChI is InChI=1S/C21H17ClN2O3S/c1-24-19-11-8-15(21(25)23-13-14-6-9-16(22)10-7-14)12-18(19)17-4-2-3-5-20(17)28(24,26)27/h2-12H,13H2,1H3,(H,23,25). The molecule has 0 fully saturated rings. The van der Waals surface area contributed by atoms with Crippen molar-refractivity contribution in [2.45, 2.75) is 11.4 Å². The first kappa shape index (κ1) is 18.5. The van der Waals surface area contributed by atoms with Crippen LogP contribution in [0.2, 0.25) is 5.02 Å². The molecule has 0 spiro atoms. The summed E-state index contributed by atoms with van der Waals surface area (Å²) in [5, 5.41) is 3.52. The molecule has 0 bridgehead atoms. The zero-order valence-corrected chi connectivity index (χ0v) is 16.6. The van der Waals surface area contributed by atoms with Gasteiger partial charge < -0.3 is 5.32 Å². The van der Waals surface area contributed by atoms with Crippen LogP contribution < -0.4 is 9.62 Å². The Bertz CT molecular complexity index is 1170. The lowest BCUT2D eigenvalue weighted by atomic mass is 10.00. The maximum atomic E-state index is 12.7. The summed E-state index contributed by atoms with van der Waals surface area (Å²) in [6.07, 6.45) is 0. The van der Waals surface area contributed by atoms with E-state index >= 15 is 0 Å². The Labute approximate surface area is 168 Å². The number of fused-ring (bicyclic) bond motifs is 3. The molecular weight excluding hydrogens is 396 g/mol. The van der Waals surface area contributed by atoms with E-state index in [-0.39, 0.29) is 10.8 Å². The van der Waals surface area contributed by atoms with Gasteiger partial charge in [-0.05, 0) is 42.0 Å². The van der Waals surface area contributed by atoms with Crippen LogP contribution in [0.5, 0.6) is 0 Å². The third-order valence-electron chi connectivity index (χ3n) is 4.78. The first-order chi connectivity index (χ1) is 13.4. The molecule has 28 heavy (non-hydrogen) atoms. The predicted molar refractivity (Wildman–Crippen MR) is 110 cm³/mol. The van der Waals surface area contributed by atoms with E-state index in [1.807, 2.05) is 12.1 Å². The van der Waals surface area contributed by atoms with Gasteiger partial charge in [0.15, 0.2) is 0 Å². The van der Waals surface area contributed by atoms with Crippen molar-refractivity contribution in [3.05, 3.63) is 82.9 Å². The van der Waals surface area contributed by atoms with Gasteiger partial charge in [-0.1, -0.05) is 41.9 Å². The largest absolute Gasteiger partial charge is 0.348 e. The lowest BCUT2D eigenvalue weighted by Gasteiger charge is -2.29. The molecule has 1 N–H and O–H groups in total. The topological polar surface area (TPSA) is 66.5 Å². The summed E-state index contributed by atoms with van der Waals surface area (Å²) < 4.78 is 26.7. The number of amides is 1. The minimum Gasteiger partial charge on any atom is -0.348 e. The number of nitrogens with zero attached hydrogens (tertiary/aromatic N) is 1. The Balaban J connectivity index is 1.66. The smallest absolute Gasteiger partial charge is 0.264 e. The highest BCUT2D eigenvalue weighted by atomic mass is 35.5. The van der Waals surface area contributed by atoms with Crippen LogP contribution in [0.1, 0.15) is 15.9 Å². The van der Waals surface area contributed by atoms with Crippen molar-refractivity contribution in [1.82, 2.24) is 5.32 Å². The second-order valence-electron chi connectivity index (χ2n) is 6.51. The van der Waals surface area contributed by atoms with Crippen LogP contribution in [0.3, 0.4) is 0 Å². The molecule has 4 rings (SSSR count). The molecule has 5 nitrogen and oxygen atoms in total. The van der Waals surface area contributed by atoms with Gasteiger partial charge in [-0.15, -0.1) is 0 Å². The van der Waals surface area contributed by atoms with E-state index in [1.165, 1.54) is 11.4 Å². The quantitative estimate of drug-likeness (QED) is 0.705. The highest BCUT2D eigenvalue weighted by molar-refractivity contribution is 7.93. The van der Waals surface area contributed by atoms with Gasteiger partial charge >= 0.3 is 0 Å². The number of sulfonamides is 1. The van der Waals surface area contributed by atoms with Crippen LogP contribution in [-0.2, 0) is 16.6 Å². The second kappa shape index (κ2) is 6.96. The Morgan fingerprint density at radius 2 is 1.71 bits per heavy atom. The van der Waals surface area contributed by atoms with Crippen molar-refractivity contribution in [2.75, 3.05) is 11.4 Å². The fourth-order valence-corrected chi connectivity index (χ4v) is 4.79. The van der Waals surface area contributed by atoms with E-state index in [2.05, 4.69) is 5.32 Å². The van der Waals surface area contributed by atoms with Gasteiger partial charge in [-0.2, -0.15) is 0 Å². The number of hydrogen-bond acceptors (Lipinski definition) is 3. The first-order valence-corrected chi connectivity index (χ1v) is 10.4. The molecule has 0 atom stereocenters. The van der Waals surface area contributed by atoms with Gasteiger partial charge in [0.05, 0.1) is 10.6 Å². The van der Waals surface area contributed by atoms with Gasteiger partial charge in [-0.3, -0.25) is 9.10 Å². The van der Waals surface area contributed by atoms with Crippen LogP contribution in [-0.4, -0.2) is 21.4 Å². The van der Waals surface area contributed by atoms with E-state index in [0.29, 0.717) is 33.9 Å². The molecule has 1 heterocycles. The minimum absolute atomic E-state index is 0.230. The third-order valence-corrected chi connectivity index (χ3v) is 6.86. The molecule has 1 aliphatic heterocycles. The average molecular weight is 413 g/mol. The molecule has 0 aromatic heterocycles. The fraction of sp³-hybridized carbons (Fsp3) is 0.0952. The zero-order chi connectivity index (χ0) is 19.9. The Morgan fingerprint density at radius 1 is 1.00 bits per heavy atom. The number of rotatable bonds is 3. The van der Waals surface area contributed by atoms with Crippen molar-refractivity contribution >= 4 is 33.2 Å². The normalized spacial score (nSPS) is 14.1. The van der Waals surface area contributed by atoms with E-state index in [1.54, 1.807) is 54.6 Å². The molecule has 0 unspecified atom stereocenters. The third kappa shape index (κ3) is 3.15. The summed E-state index contributed by atoms with van der Waals surface area (Å²) in [6, 6.07) is 19.1. The van der Waals surface area contributed by atoms with Gasteiger partial charge in [0, 0.05) is 35.3 Å². The number of nitrogens with one attached hydrogen (secondary N) is 1. The van der Waals surface area contributed by atoms with E-state index in [4.69, 9.17) is 11.6 Å². The summed E-state index contributed by atoms with van der Waals surface area (Å²) in [5.41, 5.74) is 3.27. The van der Waals surface area contributed by atoms with Crippen molar-refractivity contribution in [3.63, 3.8) is 0 Å². The van der Waals surface area contributed by atoms with E-state index < -0.39 is 10.0 Å². The predicted octanol–water partition coefficient (Wildman–Crippen LogP) is 4.08. The lowest BCUT2D eigenvalue weighted by Crippen LogP contribution is -2.31. The number of benzene rings is 3. The molecular formula is C21H17ClN2O3S. The van der Waals surface area contributed by atoms with Crippen molar-refractivity contribution in [2.24, 2.45) is 0 Å². The number of carbonyl (C=O) groups is 1. The molecule has 142 valence electrons. The molecule has 7 heteroatoms. The van der Waals surface area contributed by atoms with Crippen molar-refractivity contribution < 1.29 is 13.2 Å². The molecule has 3 aromatic carbocycles. The van der Waals surface area contributed by atoms with Crippen molar-refractivity contribution in [1.29, 1.82) is 0 Å². The number of anilines is 1. The van der Waals surface area contributed by atoms with E-state index in [9.17, 15) is 13.2 Å². The molecule has 3 aromatic rings. The van der Waals surface area contributed by atoms with Crippen LogP contribution in [0.15, 0.2) is 71.6 Å². The molecule has 0 saturated heterocycles. The number of halogens is 1. The first-order valence-electron chi connectivity index (χ1n) is 8.63.